The summed E-state index contributed by atoms with van der Waals surface area (Å²) in [5.41, 5.74) is 1.08. The third-order valence-electron chi connectivity index (χ3n) is 1.67. The molecule has 1 aromatic rings. The van der Waals surface area contributed by atoms with Gasteiger partial charge in [-0.3, -0.25) is 0 Å². The molecule has 13 heavy (non-hydrogen) atoms. The minimum absolute atomic E-state index is 0.710. The topological polar surface area (TPSA) is 49.8 Å². The van der Waals surface area contributed by atoms with Crippen LogP contribution in [0, 0.1) is 6.92 Å². The van der Waals surface area contributed by atoms with E-state index in [1.54, 1.807) is 0 Å². The molecule has 0 radical (unpaired) electrons. The van der Waals surface area contributed by atoms with Gasteiger partial charge < -0.3 is 10.6 Å². The van der Waals surface area contributed by atoms with Crippen LogP contribution in [0.2, 0.25) is 0 Å². The van der Waals surface area contributed by atoms with Gasteiger partial charge in [0.1, 0.15) is 0 Å². The molecule has 0 saturated carbocycles. The van der Waals surface area contributed by atoms with E-state index in [1.165, 1.54) is 0 Å². The lowest BCUT2D eigenvalue weighted by molar-refractivity contribution is 0.745. The highest BCUT2D eigenvalue weighted by Gasteiger charge is 1.92. The molecule has 0 spiro atoms. The second-order valence-corrected chi connectivity index (χ2v) is 2.97. The molecule has 0 aliphatic heterocycles. The molecule has 0 aliphatic carbocycles. The predicted molar refractivity (Wildman–Crippen MR) is 53.8 cm³/mol. The molecule has 0 fully saturated rings. The summed E-state index contributed by atoms with van der Waals surface area (Å²) in [6.45, 7) is 3.90. The third-order valence-corrected chi connectivity index (χ3v) is 1.67. The molecule has 0 aliphatic rings. The summed E-state index contributed by atoms with van der Waals surface area (Å²) in [6.07, 6.45) is 4.70. The Hall–Kier alpha value is -1.16. The molecule has 1 rings (SSSR count). The van der Waals surface area contributed by atoms with Gasteiger partial charge in [-0.15, -0.1) is 0 Å². The highest BCUT2D eigenvalue weighted by molar-refractivity contribution is 5.23. The van der Waals surface area contributed by atoms with Crippen LogP contribution >= 0.6 is 0 Å². The standard InChI is InChI=1S/C9H16N4/c1-8-6-12-9(13-7-8)11-5-3-4-10-2/h6-7,10H,3-5H2,1-2H3,(H,11,12,13). The van der Waals surface area contributed by atoms with Crippen LogP contribution in [0.5, 0.6) is 0 Å². The quantitative estimate of drug-likeness (QED) is 0.658. The summed E-state index contributed by atoms with van der Waals surface area (Å²) in [6, 6.07) is 0. The Morgan fingerprint density at radius 2 is 1.92 bits per heavy atom. The first-order valence-corrected chi connectivity index (χ1v) is 4.50. The lowest BCUT2D eigenvalue weighted by atomic mass is 10.4. The van der Waals surface area contributed by atoms with Gasteiger partial charge in [-0.05, 0) is 32.5 Å². The Morgan fingerprint density at radius 3 is 2.54 bits per heavy atom. The Labute approximate surface area is 78.8 Å². The van der Waals surface area contributed by atoms with Crippen LogP contribution in [0.4, 0.5) is 5.95 Å². The Bertz CT molecular complexity index is 232. The zero-order chi connectivity index (χ0) is 9.52. The highest BCUT2D eigenvalue weighted by Crippen LogP contribution is 1.97. The summed E-state index contributed by atoms with van der Waals surface area (Å²) < 4.78 is 0. The number of aryl methyl sites for hydroxylation is 1. The summed E-state index contributed by atoms with van der Waals surface area (Å²) in [5.74, 6) is 0.710. The lowest BCUT2D eigenvalue weighted by Crippen LogP contribution is -2.13. The van der Waals surface area contributed by atoms with Gasteiger partial charge in [0.2, 0.25) is 5.95 Å². The fourth-order valence-electron chi connectivity index (χ4n) is 0.949. The first-order chi connectivity index (χ1) is 6.33. The van der Waals surface area contributed by atoms with Crippen LogP contribution in [0.15, 0.2) is 12.4 Å². The van der Waals surface area contributed by atoms with Crippen molar-refractivity contribution in [3.63, 3.8) is 0 Å². The molecule has 72 valence electrons. The van der Waals surface area contributed by atoms with Gasteiger partial charge in [-0.1, -0.05) is 0 Å². The van der Waals surface area contributed by atoms with Gasteiger partial charge in [0.15, 0.2) is 0 Å². The highest BCUT2D eigenvalue weighted by atomic mass is 15.1. The minimum Gasteiger partial charge on any atom is -0.354 e. The number of aromatic nitrogens is 2. The molecular weight excluding hydrogens is 164 g/mol. The van der Waals surface area contributed by atoms with Gasteiger partial charge in [0.25, 0.3) is 0 Å². The summed E-state index contributed by atoms with van der Waals surface area (Å²) in [5, 5.41) is 6.23. The Balaban J connectivity index is 2.25. The van der Waals surface area contributed by atoms with Crippen molar-refractivity contribution >= 4 is 5.95 Å². The van der Waals surface area contributed by atoms with Crippen molar-refractivity contribution in [2.24, 2.45) is 0 Å². The van der Waals surface area contributed by atoms with Crippen molar-refractivity contribution in [3.05, 3.63) is 18.0 Å². The van der Waals surface area contributed by atoms with Gasteiger partial charge in [0.05, 0.1) is 0 Å². The normalized spacial score (nSPS) is 10.0. The molecule has 0 atom stereocenters. The number of hydrogen-bond donors (Lipinski definition) is 2. The summed E-state index contributed by atoms with van der Waals surface area (Å²) in [4.78, 5) is 8.27. The molecule has 0 amide bonds. The van der Waals surface area contributed by atoms with Gasteiger partial charge in [-0.25, -0.2) is 9.97 Å². The zero-order valence-corrected chi connectivity index (χ0v) is 8.17. The van der Waals surface area contributed by atoms with Crippen LogP contribution in [0.25, 0.3) is 0 Å². The first-order valence-electron chi connectivity index (χ1n) is 4.50. The number of nitrogens with one attached hydrogen (secondary N) is 2. The van der Waals surface area contributed by atoms with Gasteiger partial charge in [0, 0.05) is 18.9 Å². The van der Waals surface area contributed by atoms with E-state index in [4.69, 9.17) is 0 Å². The van der Waals surface area contributed by atoms with Crippen molar-refractivity contribution in [2.45, 2.75) is 13.3 Å². The van der Waals surface area contributed by atoms with Crippen molar-refractivity contribution in [2.75, 3.05) is 25.5 Å². The number of nitrogens with zero attached hydrogens (tertiary/aromatic N) is 2. The molecule has 0 bridgehead atoms. The van der Waals surface area contributed by atoms with E-state index in [0.29, 0.717) is 5.95 Å². The molecule has 1 heterocycles. The molecule has 4 nitrogen and oxygen atoms in total. The number of rotatable bonds is 5. The fourth-order valence-corrected chi connectivity index (χ4v) is 0.949. The molecule has 0 unspecified atom stereocenters. The van der Waals surface area contributed by atoms with Crippen molar-refractivity contribution in [1.29, 1.82) is 0 Å². The predicted octanol–water partition coefficient (Wildman–Crippen LogP) is 0.806. The van der Waals surface area contributed by atoms with E-state index in [0.717, 1.165) is 25.1 Å². The maximum absolute atomic E-state index is 4.13. The summed E-state index contributed by atoms with van der Waals surface area (Å²) >= 11 is 0. The number of anilines is 1. The molecule has 0 saturated heterocycles. The van der Waals surface area contributed by atoms with Crippen LogP contribution in [0.3, 0.4) is 0 Å². The smallest absolute Gasteiger partial charge is 0.222 e. The minimum atomic E-state index is 0.710. The van der Waals surface area contributed by atoms with Crippen LogP contribution in [0.1, 0.15) is 12.0 Å². The van der Waals surface area contributed by atoms with Crippen molar-refractivity contribution in [3.8, 4) is 0 Å². The molecule has 0 aromatic carbocycles. The van der Waals surface area contributed by atoms with Gasteiger partial charge in [-0.2, -0.15) is 0 Å². The van der Waals surface area contributed by atoms with E-state index in [1.807, 2.05) is 26.4 Å². The summed E-state index contributed by atoms with van der Waals surface area (Å²) in [7, 11) is 1.95. The van der Waals surface area contributed by atoms with Crippen LogP contribution < -0.4 is 10.6 Å². The first kappa shape index (κ1) is 9.92. The molecule has 4 heteroatoms. The average molecular weight is 180 g/mol. The monoisotopic (exact) mass is 180 g/mol. The fraction of sp³-hybridized carbons (Fsp3) is 0.556. The van der Waals surface area contributed by atoms with Crippen molar-refractivity contribution < 1.29 is 0 Å². The van der Waals surface area contributed by atoms with E-state index in [9.17, 15) is 0 Å². The Kier molecular flexibility index (Phi) is 4.18. The number of hydrogen-bond acceptors (Lipinski definition) is 4. The third kappa shape index (κ3) is 3.85. The van der Waals surface area contributed by atoms with E-state index in [2.05, 4.69) is 20.6 Å². The van der Waals surface area contributed by atoms with E-state index >= 15 is 0 Å². The molecule has 2 N–H and O–H groups in total. The van der Waals surface area contributed by atoms with E-state index < -0.39 is 0 Å². The van der Waals surface area contributed by atoms with Crippen molar-refractivity contribution in [1.82, 2.24) is 15.3 Å². The SMILES string of the molecule is CNCCCNc1ncc(C)cn1. The van der Waals surface area contributed by atoms with Crippen LogP contribution in [-0.2, 0) is 0 Å². The van der Waals surface area contributed by atoms with Gasteiger partial charge >= 0.3 is 0 Å². The Morgan fingerprint density at radius 1 is 1.23 bits per heavy atom. The molecule has 1 aromatic heterocycles. The molecular formula is C9H16N4. The largest absolute Gasteiger partial charge is 0.354 e. The maximum atomic E-state index is 4.13. The lowest BCUT2D eigenvalue weighted by Gasteiger charge is -2.03. The zero-order valence-electron chi connectivity index (χ0n) is 8.17. The van der Waals surface area contributed by atoms with E-state index in [-0.39, 0.29) is 0 Å². The maximum Gasteiger partial charge on any atom is 0.222 e. The second-order valence-electron chi connectivity index (χ2n) is 2.97. The average Bonchev–Trinajstić information content (AvgIpc) is 2.15. The second kappa shape index (κ2) is 5.48. The van der Waals surface area contributed by atoms with Crippen LogP contribution in [-0.4, -0.2) is 30.1 Å².